The topological polar surface area (TPSA) is 89.3 Å². The highest BCUT2D eigenvalue weighted by molar-refractivity contribution is 7.94. The van der Waals surface area contributed by atoms with Crippen molar-refractivity contribution in [2.45, 2.75) is 19.0 Å². The first kappa shape index (κ1) is 13.8. The van der Waals surface area contributed by atoms with Crippen LogP contribution in [0, 0.1) is 6.92 Å². The van der Waals surface area contributed by atoms with Crippen LogP contribution in [0.1, 0.15) is 17.2 Å². The van der Waals surface area contributed by atoms with Gasteiger partial charge in [-0.2, -0.15) is 0 Å². The molecule has 0 radical (unpaired) electrons. The summed E-state index contributed by atoms with van der Waals surface area (Å²) in [4.78, 5) is 11.9. The Morgan fingerprint density at radius 1 is 1.37 bits per heavy atom. The SMILES string of the molecule is Cc1ccc(C(N)C(=O)NC2C=CS(=O)(=O)C2)cc1. The van der Waals surface area contributed by atoms with Gasteiger partial charge >= 0.3 is 0 Å². The van der Waals surface area contributed by atoms with Crippen LogP contribution >= 0.6 is 0 Å². The summed E-state index contributed by atoms with van der Waals surface area (Å²) in [5, 5.41) is 3.74. The number of hydrogen-bond donors (Lipinski definition) is 2. The summed E-state index contributed by atoms with van der Waals surface area (Å²) in [5.74, 6) is -0.477. The van der Waals surface area contributed by atoms with E-state index < -0.39 is 21.9 Å². The van der Waals surface area contributed by atoms with Crippen LogP contribution in [0.4, 0.5) is 0 Å². The van der Waals surface area contributed by atoms with Crippen LogP contribution in [0.15, 0.2) is 35.7 Å². The van der Waals surface area contributed by atoms with Crippen LogP contribution in [-0.4, -0.2) is 26.1 Å². The molecule has 0 aromatic heterocycles. The summed E-state index contributed by atoms with van der Waals surface area (Å²) in [6, 6.07) is 6.05. The van der Waals surface area contributed by atoms with E-state index in [-0.39, 0.29) is 11.7 Å². The molecule has 19 heavy (non-hydrogen) atoms. The Labute approximate surface area is 112 Å². The quantitative estimate of drug-likeness (QED) is 0.840. The van der Waals surface area contributed by atoms with Crippen molar-refractivity contribution in [3.05, 3.63) is 46.9 Å². The maximum Gasteiger partial charge on any atom is 0.242 e. The molecule has 1 aliphatic rings. The van der Waals surface area contributed by atoms with Gasteiger partial charge in [0.05, 0.1) is 11.8 Å². The Morgan fingerprint density at radius 3 is 2.53 bits per heavy atom. The van der Waals surface area contributed by atoms with Gasteiger partial charge in [0.2, 0.25) is 5.91 Å². The molecule has 0 bridgehead atoms. The average molecular weight is 280 g/mol. The fraction of sp³-hybridized carbons (Fsp3) is 0.308. The normalized spacial score (nSPS) is 22.1. The van der Waals surface area contributed by atoms with E-state index in [0.717, 1.165) is 11.0 Å². The number of aryl methyl sites for hydroxylation is 1. The summed E-state index contributed by atoms with van der Waals surface area (Å²) in [6.07, 6.45) is 1.47. The van der Waals surface area contributed by atoms with Crippen molar-refractivity contribution >= 4 is 15.7 Å². The Hall–Kier alpha value is -1.66. The number of rotatable bonds is 3. The number of carbonyl (C=O) groups is 1. The van der Waals surface area contributed by atoms with Crippen molar-refractivity contribution in [1.29, 1.82) is 0 Å². The van der Waals surface area contributed by atoms with E-state index >= 15 is 0 Å². The van der Waals surface area contributed by atoms with Crippen LogP contribution in [0.25, 0.3) is 0 Å². The first-order chi connectivity index (χ1) is 8.87. The second-order valence-corrected chi connectivity index (χ2v) is 6.59. The van der Waals surface area contributed by atoms with E-state index in [1.165, 1.54) is 6.08 Å². The molecule has 0 saturated heterocycles. The number of sulfone groups is 1. The minimum absolute atomic E-state index is 0.0979. The predicted molar refractivity (Wildman–Crippen MR) is 73.0 cm³/mol. The predicted octanol–water partition coefficient (Wildman–Crippen LogP) is 0.422. The molecular weight excluding hydrogens is 264 g/mol. The molecule has 1 aromatic carbocycles. The summed E-state index contributed by atoms with van der Waals surface area (Å²) < 4.78 is 22.5. The summed E-state index contributed by atoms with van der Waals surface area (Å²) in [6.45, 7) is 1.95. The highest BCUT2D eigenvalue weighted by Gasteiger charge is 2.25. The molecular formula is C13H16N2O3S. The third kappa shape index (κ3) is 3.42. The second-order valence-electron chi connectivity index (χ2n) is 4.66. The number of nitrogens with two attached hydrogens (primary N) is 1. The third-order valence-corrected chi connectivity index (χ3v) is 4.37. The molecule has 3 N–H and O–H groups in total. The van der Waals surface area contributed by atoms with Gasteiger partial charge in [0.25, 0.3) is 0 Å². The summed E-state index contributed by atoms with van der Waals surface area (Å²) >= 11 is 0. The van der Waals surface area contributed by atoms with Crippen LogP contribution in [0.2, 0.25) is 0 Å². The van der Waals surface area contributed by atoms with E-state index in [4.69, 9.17) is 5.73 Å². The number of nitrogens with one attached hydrogen (secondary N) is 1. The van der Waals surface area contributed by atoms with Gasteiger partial charge in [0.15, 0.2) is 9.84 Å². The Kier molecular flexibility index (Phi) is 3.73. The molecule has 1 heterocycles. The van der Waals surface area contributed by atoms with Crippen molar-refractivity contribution in [2.75, 3.05) is 5.75 Å². The van der Waals surface area contributed by atoms with E-state index in [2.05, 4.69) is 5.32 Å². The second kappa shape index (κ2) is 5.14. The number of amides is 1. The van der Waals surface area contributed by atoms with E-state index in [1.807, 2.05) is 19.1 Å². The average Bonchev–Trinajstić information content (AvgIpc) is 2.68. The monoisotopic (exact) mass is 280 g/mol. The zero-order chi connectivity index (χ0) is 14.0. The van der Waals surface area contributed by atoms with Gasteiger partial charge in [-0.15, -0.1) is 0 Å². The third-order valence-electron chi connectivity index (χ3n) is 2.98. The van der Waals surface area contributed by atoms with Crippen molar-refractivity contribution in [3.63, 3.8) is 0 Å². The van der Waals surface area contributed by atoms with Crippen molar-refractivity contribution in [3.8, 4) is 0 Å². The number of benzene rings is 1. The first-order valence-corrected chi connectivity index (χ1v) is 7.62. The zero-order valence-corrected chi connectivity index (χ0v) is 11.4. The van der Waals surface area contributed by atoms with Gasteiger partial charge < -0.3 is 11.1 Å². The number of hydrogen-bond acceptors (Lipinski definition) is 4. The summed E-state index contributed by atoms with van der Waals surface area (Å²) in [5.41, 5.74) is 7.63. The van der Waals surface area contributed by atoms with Crippen LogP contribution < -0.4 is 11.1 Å². The first-order valence-electron chi connectivity index (χ1n) is 5.91. The van der Waals surface area contributed by atoms with Crippen LogP contribution in [0.5, 0.6) is 0 Å². The molecule has 0 aliphatic carbocycles. The molecule has 2 rings (SSSR count). The van der Waals surface area contributed by atoms with Gasteiger partial charge in [-0.3, -0.25) is 4.79 Å². The zero-order valence-electron chi connectivity index (χ0n) is 10.5. The molecule has 1 amide bonds. The number of carbonyl (C=O) groups excluding carboxylic acids is 1. The Morgan fingerprint density at radius 2 is 2.00 bits per heavy atom. The highest BCUT2D eigenvalue weighted by Crippen LogP contribution is 2.13. The fourth-order valence-corrected chi connectivity index (χ4v) is 3.10. The minimum atomic E-state index is -3.17. The van der Waals surface area contributed by atoms with Gasteiger partial charge in [-0.05, 0) is 18.6 Å². The molecule has 2 atom stereocenters. The molecule has 0 fully saturated rings. The molecule has 0 saturated carbocycles. The minimum Gasteiger partial charge on any atom is -0.347 e. The lowest BCUT2D eigenvalue weighted by Gasteiger charge is -2.15. The molecule has 5 nitrogen and oxygen atoms in total. The van der Waals surface area contributed by atoms with Crippen molar-refractivity contribution in [1.82, 2.24) is 5.32 Å². The van der Waals surface area contributed by atoms with E-state index in [1.54, 1.807) is 12.1 Å². The highest BCUT2D eigenvalue weighted by atomic mass is 32.2. The van der Waals surface area contributed by atoms with Gasteiger partial charge in [0.1, 0.15) is 6.04 Å². The van der Waals surface area contributed by atoms with Crippen LogP contribution in [0.3, 0.4) is 0 Å². The lowest BCUT2D eigenvalue weighted by molar-refractivity contribution is -0.122. The fourth-order valence-electron chi connectivity index (χ4n) is 1.86. The summed E-state index contributed by atoms with van der Waals surface area (Å²) in [7, 11) is -3.17. The van der Waals surface area contributed by atoms with Crippen LogP contribution in [-0.2, 0) is 14.6 Å². The van der Waals surface area contributed by atoms with Gasteiger partial charge in [-0.1, -0.05) is 29.8 Å². The maximum absolute atomic E-state index is 11.9. The molecule has 2 unspecified atom stereocenters. The standard InChI is InChI=1S/C13H16N2O3S/c1-9-2-4-10(5-3-9)12(14)13(16)15-11-6-7-19(17,18)8-11/h2-7,11-12H,8,14H2,1H3,(H,15,16). The molecule has 6 heteroatoms. The Balaban J connectivity index is 2.01. The smallest absolute Gasteiger partial charge is 0.242 e. The molecule has 102 valence electrons. The molecule has 1 aromatic rings. The molecule has 0 spiro atoms. The van der Waals surface area contributed by atoms with Gasteiger partial charge in [0, 0.05) is 5.41 Å². The molecule has 1 aliphatic heterocycles. The largest absolute Gasteiger partial charge is 0.347 e. The lowest BCUT2D eigenvalue weighted by Crippen LogP contribution is -2.41. The van der Waals surface area contributed by atoms with E-state index in [0.29, 0.717) is 5.56 Å². The Bertz CT molecular complexity index is 605. The van der Waals surface area contributed by atoms with Gasteiger partial charge in [-0.25, -0.2) is 8.42 Å². The van der Waals surface area contributed by atoms with E-state index in [9.17, 15) is 13.2 Å². The maximum atomic E-state index is 11.9. The van der Waals surface area contributed by atoms with Crippen molar-refractivity contribution in [2.24, 2.45) is 5.73 Å². The van der Waals surface area contributed by atoms with Crippen molar-refractivity contribution < 1.29 is 13.2 Å². The lowest BCUT2D eigenvalue weighted by atomic mass is 10.1.